The first kappa shape index (κ1) is 24.2. The molecule has 0 bridgehead atoms. The summed E-state index contributed by atoms with van der Waals surface area (Å²) in [5.41, 5.74) is -0.404. The van der Waals surface area contributed by atoms with Crippen LogP contribution in [-0.4, -0.2) is 63.0 Å². The van der Waals surface area contributed by atoms with Gasteiger partial charge in [0.15, 0.2) is 0 Å². The number of aliphatic imine (C=N–C) groups is 2. The fourth-order valence-corrected chi connectivity index (χ4v) is 4.79. The molecular formula is C23H32F3N5O. The molecule has 2 aliphatic rings. The predicted molar refractivity (Wildman–Crippen MR) is 123 cm³/mol. The Balaban J connectivity index is 1.75. The molecule has 1 unspecified atom stereocenters. The van der Waals surface area contributed by atoms with E-state index in [1.54, 1.807) is 6.92 Å². The van der Waals surface area contributed by atoms with Gasteiger partial charge in [-0.05, 0) is 64.0 Å². The van der Waals surface area contributed by atoms with Crippen molar-refractivity contribution in [1.29, 1.82) is 0 Å². The fourth-order valence-electron chi connectivity index (χ4n) is 4.79. The normalized spacial score (nSPS) is 24.8. The maximum atomic E-state index is 13.5. The Morgan fingerprint density at radius 2 is 2.03 bits per heavy atom. The second-order valence-electron chi connectivity index (χ2n) is 8.90. The summed E-state index contributed by atoms with van der Waals surface area (Å²) in [5, 5.41) is 3.15. The van der Waals surface area contributed by atoms with Crippen LogP contribution in [0.2, 0.25) is 0 Å². The van der Waals surface area contributed by atoms with E-state index < -0.39 is 11.7 Å². The second-order valence-corrected chi connectivity index (χ2v) is 8.90. The van der Waals surface area contributed by atoms with Crippen LogP contribution in [0.1, 0.15) is 38.7 Å². The highest BCUT2D eigenvalue weighted by molar-refractivity contribution is 5.85. The Kier molecular flexibility index (Phi) is 7.59. The molecule has 176 valence electrons. The lowest BCUT2D eigenvalue weighted by molar-refractivity contribution is -0.137. The Labute approximate surface area is 187 Å². The molecule has 3 rings (SSSR count). The van der Waals surface area contributed by atoms with E-state index >= 15 is 0 Å². The van der Waals surface area contributed by atoms with E-state index in [-0.39, 0.29) is 29.2 Å². The molecule has 6 nitrogen and oxygen atoms in total. The molecule has 1 N–H and O–H groups in total. The van der Waals surface area contributed by atoms with Crippen molar-refractivity contribution >= 4 is 35.9 Å². The highest BCUT2D eigenvalue weighted by Crippen LogP contribution is 2.47. The number of hydrogen-bond acceptors (Lipinski definition) is 5. The van der Waals surface area contributed by atoms with E-state index in [1.165, 1.54) is 12.3 Å². The van der Waals surface area contributed by atoms with Crippen LogP contribution in [-0.2, 0) is 11.0 Å². The third-order valence-corrected chi connectivity index (χ3v) is 6.35. The Hall–Kier alpha value is -2.42. The molecule has 0 aromatic heterocycles. The van der Waals surface area contributed by atoms with Crippen LogP contribution in [0, 0.1) is 11.8 Å². The number of anilines is 1. The molecule has 1 aromatic rings. The smallest absolute Gasteiger partial charge is 0.367 e. The van der Waals surface area contributed by atoms with Gasteiger partial charge in [-0.2, -0.15) is 13.2 Å². The van der Waals surface area contributed by atoms with E-state index in [1.807, 2.05) is 11.8 Å². The number of likely N-dealkylation sites (tertiary alicyclic amines) is 1. The van der Waals surface area contributed by atoms with Crippen molar-refractivity contribution in [3.63, 3.8) is 0 Å². The molecular weight excluding hydrogens is 419 g/mol. The molecule has 1 aromatic carbocycles. The molecule has 0 radical (unpaired) electrons. The number of hydrogen-bond donors (Lipinski definition) is 1. The first-order chi connectivity index (χ1) is 15.1. The standard InChI is InChI=1S/C23H32F3N5O/c1-5-28-21-17(23(24,25)26)8-9-19(22(21)27-3)31-12-15(2)18(14-31)29-20(32)11-16-7-6-10-30(4)13-16/h5,8-9,15-16,18H,3,6-7,10-14H2,1-2,4H3,(H,29,32)/t15-,16?,18+/m1/s1. The molecule has 3 atom stereocenters. The van der Waals surface area contributed by atoms with Crippen molar-refractivity contribution in [2.75, 3.05) is 38.1 Å². The maximum Gasteiger partial charge on any atom is 0.418 e. The topological polar surface area (TPSA) is 60.3 Å². The summed E-state index contributed by atoms with van der Waals surface area (Å²) in [7, 11) is 2.08. The summed E-state index contributed by atoms with van der Waals surface area (Å²) in [5.74, 6) is 0.545. The van der Waals surface area contributed by atoms with Gasteiger partial charge in [-0.15, -0.1) is 0 Å². The molecule has 0 aliphatic carbocycles. The molecule has 2 heterocycles. The molecule has 1 amide bonds. The van der Waals surface area contributed by atoms with Gasteiger partial charge in [-0.1, -0.05) is 6.92 Å². The van der Waals surface area contributed by atoms with Crippen molar-refractivity contribution in [3.8, 4) is 0 Å². The van der Waals surface area contributed by atoms with Gasteiger partial charge in [-0.25, -0.2) is 0 Å². The first-order valence-electron chi connectivity index (χ1n) is 11.1. The van der Waals surface area contributed by atoms with Crippen LogP contribution < -0.4 is 10.2 Å². The minimum absolute atomic E-state index is 0.0368. The summed E-state index contributed by atoms with van der Waals surface area (Å²) in [4.78, 5) is 24.7. The number of nitrogens with zero attached hydrogens (tertiary/aromatic N) is 4. The predicted octanol–water partition coefficient (Wildman–Crippen LogP) is 4.43. The first-order valence-corrected chi connectivity index (χ1v) is 11.1. The van der Waals surface area contributed by atoms with Gasteiger partial charge in [0.05, 0.1) is 17.3 Å². The van der Waals surface area contributed by atoms with Crippen LogP contribution in [0.25, 0.3) is 0 Å². The number of benzene rings is 1. The third kappa shape index (κ3) is 5.49. The Morgan fingerprint density at radius 1 is 1.28 bits per heavy atom. The van der Waals surface area contributed by atoms with Crippen molar-refractivity contribution in [1.82, 2.24) is 10.2 Å². The highest BCUT2D eigenvalue weighted by atomic mass is 19.4. The Bertz CT molecular complexity index is 870. The number of amides is 1. The van der Waals surface area contributed by atoms with Crippen molar-refractivity contribution in [3.05, 3.63) is 17.7 Å². The van der Waals surface area contributed by atoms with Crippen LogP contribution >= 0.6 is 0 Å². The van der Waals surface area contributed by atoms with E-state index in [0.29, 0.717) is 31.1 Å². The molecule has 32 heavy (non-hydrogen) atoms. The number of rotatable bonds is 6. The number of piperidine rings is 1. The van der Waals surface area contributed by atoms with Crippen molar-refractivity contribution in [2.24, 2.45) is 21.8 Å². The number of carbonyl (C=O) groups is 1. The van der Waals surface area contributed by atoms with Crippen LogP contribution in [0.3, 0.4) is 0 Å². The summed E-state index contributed by atoms with van der Waals surface area (Å²) in [6.07, 6.45) is -0.549. The molecule has 9 heteroatoms. The summed E-state index contributed by atoms with van der Waals surface area (Å²) < 4.78 is 40.4. The monoisotopic (exact) mass is 451 g/mol. The maximum absolute atomic E-state index is 13.5. The van der Waals surface area contributed by atoms with Gasteiger partial charge in [0.25, 0.3) is 0 Å². The lowest BCUT2D eigenvalue weighted by Crippen LogP contribution is -2.42. The number of nitrogens with one attached hydrogen (secondary N) is 1. The molecule has 2 saturated heterocycles. The fraction of sp³-hybridized carbons (Fsp3) is 0.609. The lowest BCUT2D eigenvalue weighted by atomic mass is 9.94. The van der Waals surface area contributed by atoms with E-state index in [4.69, 9.17) is 0 Å². The zero-order valence-corrected chi connectivity index (χ0v) is 19.0. The zero-order valence-electron chi connectivity index (χ0n) is 19.0. The molecule has 0 saturated carbocycles. The SMILES string of the molecule is C=Nc1c(N2C[C@@H](C)[C@@H](NC(=O)CC3CCCN(C)C3)C2)ccc(C(F)(F)F)c1N=CC. The van der Waals surface area contributed by atoms with Crippen molar-refractivity contribution < 1.29 is 18.0 Å². The van der Waals surface area contributed by atoms with Gasteiger partial charge < -0.3 is 15.1 Å². The van der Waals surface area contributed by atoms with Crippen molar-refractivity contribution in [2.45, 2.75) is 45.3 Å². The van der Waals surface area contributed by atoms with Gasteiger partial charge >= 0.3 is 6.18 Å². The summed E-state index contributed by atoms with van der Waals surface area (Å²) >= 11 is 0. The largest absolute Gasteiger partial charge is 0.418 e. The lowest BCUT2D eigenvalue weighted by Gasteiger charge is -2.29. The third-order valence-electron chi connectivity index (χ3n) is 6.35. The van der Waals surface area contributed by atoms with Crippen LogP contribution in [0.4, 0.5) is 30.2 Å². The molecule has 2 aliphatic heterocycles. The van der Waals surface area contributed by atoms with Gasteiger partial charge in [0.2, 0.25) is 5.91 Å². The Morgan fingerprint density at radius 3 is 2.66 bits per heavy atom. The summed E-state index contributed by atoms with van der Waals surface area (Å²) in [6, 6.07) is 2.39. The van der Waals surface area contributed by atoms with Crippen LogP contribution in [0.5, 0.6) is 0 Å². The zero-order chi connectivity index (χ0) is 23.5. The minimum atomic E-state index is -4.54. The van der Waals surface area contributed by atoms with Gasteiger partial charge in [-0.3, -0.25) is 14.8 Å². The summed E-state index contributed by atoms with van der Waals surface area (Å²) in [6.45, 7) is 10.2. The average Bonchev–Trinajstić information content (AvgIpc) is 3.07. The van der Waals surface area contributed by atoms with Gasteiger partial charge in [0.1, 0.15) is 11.4 Å². The molecule has 2 fully saturated rings. The quantitative estimate of drug-likeness (QED) is 0.651. The van der Waals surface area contributed by atoms with Crippen LogP contribution in [0.15, 0.2) is 22.1 Å². The molecule has 0 spiro atoms. The minimum Gasteiger partial charge on any atom is -0.367 e. The number of alkyl halides is 3. The number of halogens is 3. The highest BCUT2D eigenvalue weighted by Gasteiger charge is 2.37. The second kappa shape index (κ2) is 10.0. The number of carbonyl (C=O) groups excluding carboxylic acids is 1. The van der Waals surface area contributed by atoms with E-state index in [9.17, 15) is 18.0 Å². The van der Waals surface area contributed by atoms with Gasteiger partial charge in [0, 0.05) is 32.3 Å². The average molecular weight is 452 g/mol. The van der Waals surface area contributed by atoms with E-state index in [2.05, 4.69) is 34.0 Å². The van der Waals surface area contributed by atoms with E-state index in [0.717, 1.165) is 32.0 Å².